The van der Waals surface area contributed by atoms with Crippen LogP contribution in [0.1, 0.15) is 37.3 Å². The van der Waals surface area contributed by atoms with Crippen LogP contribution in [0.4, 0.5) is 11.4 Å². The van der Waals surface area contributed by atoms with E-state index in [1.165, 1.54) is 18.2 Å². The van der Waals surface area contributed by atoms with Crippen LogP contribution in [0.3, 0.4) is 0 Å². The van der Waals surface area contributed by atoms with Gasteiger partial charge in [-0.3, -0.25) is 14.9 Å². The highest BCUT2D eigenvalue weighted by atomic mass is 16.6. The van der Waals surface area contributed by atoms with Crippen LogP contribution < -0.4 is 5.32 Å². The van der Waals surface area contributed by atoms with Crippen LogP contribution in [0.25, 0.3) is 6.08 Å². The Balaban J connectivity index is 2.07. The summed E-state index contributed by atoms with van der Waals surface area (Å²) < 4.78 is 0. The third-order valence-corrected chi connectivity index (χ3v) is 3.89. The Morgan fingerprint density at radius 1 is 1.21 bits per heavy atom. The van der Waals surface area contributed by atoms with Gasteiger partial charge in [0.1, 0.15) is 0 Å². The van der Waals surface area contributed by atoms with Gasteiger partial charge in [0, 0.05) is 23.9 Å². The molecule has 0 heterocycles. The number of nitrogens with zero attached hydrogens (tertiary/aromatic N) is 1. The SMILES string of the molecule is CC[C@@H](C)c1ccccc1NC(=O)/C=C/c1ccc([N+](=O)[O-])cc1. The fourth-order valence-electron chi connectivity index (χ4n) is 2.31. The second-order valence-electron chi connectivity index (χ2n) is 5.57. The molecule has 2 rings (SSSR count). The molecule has 1 amide bonds. The molecule has 0 aliphatic rings. The van der Waals surface area contributed by atoms with Gasteiger partial charge in [0.05, 0.1) is 4.92 Å². The number of hydrogen-bond acceptors (Lipinski definition) is 3. The highest BCUT2D eigenvalue weighted by Gasteiger charge is 2.09. The number of para-hydroxylation sites is 1. The van der Waals surface area contributed by atoms with Gasteiger partial charge in [-0.1, -0.05) is 32.0 Å². The second kappa shape index (κ2) is 8.06. The normalized spacial score (nSPS) is 12.1. The lowest BCUT2D eigenvalue weighted by Gasteiger charge is -2.14. The van der Waals surface area contributed by atoms with Crippen molar-refractivity contribution in [2.24, 2.45) is 0 Å². The molecule has 0 aliphatic carbocycles. The van der Waals surface area contributed by atoms with Crippen molar-refractivity contribution in [1.29, 1.82) is 0 Å². The Hall–Kier alpha value is -2.95. The first kappa shape index (κ1) is 17.4. The van der Waals surface area contributed by atoms with Crippen molar-refractivity contribution in [2.75, 3.05) is 5.32 Å². The molecule has 2 aromatic carbocycles. The molecule has 0 aliphatic heterocycles. The van der Waals surface area contributed by atoms with E-state index in [-0.39, 0.29) is 11.6 Å². The first-order chi connectivity index (χ1) is 11.5. The summed E-state index contributed by atoms with van der Waals surface area (Å²) in [4.78, 5) is 22.3. The van der Waals surface area contributed by atoms with Crippen molar-refractivity contribution in [3.05, 3.63) is 75.8 Å². The fraction of sp³-hybridized carbons (Fsp3) is 0.211. The number of non-ortho nitro benzene ring substituents is 1. The second-order valence-corrected chi connectivity index (χ2v) is 5.57. The number of hydrogen-bond donors (Lipinski definition) is 1. The monoisotopic (exact) mass is 324 g/mol. The van der Waals surface area contributed by atoms with Crippen molar-refractivity contribution in [3.63, 3.8) is 0 Å². The van der Waals surface area contributed by atoms with Gasteiger partial charge in [-0.25, -0.2) is 0 Å². The summed E-state index contributed by atoms with van der Waals surface area (Å²) in [6, 6.07) is 13.8. The number of carbonyl (C=O) groups excluding carboxylic acids is 1. The lowest BCUT2D eigenvalue weighted by atomic mass is 9.97. The van der Waals surface area contributed by atoms with Crippen LogP contribution in [0, 0.1) is 10.1 Å². The van der Waals surface area contributed by atoms with Gasteiger partial charge in [0.2, 0.25) is 5.91 Å². The number of nitro benzene ring substituents is 1. The van der Waals surface area contributed by atoms with E-state index in [1.54, 1.807) is 18.2 Å². The van der Waals surface area contributed by atoms with Gasteiger partial charge in [-0.2, -0.15) is 0 Å². The predicted octanol–water partition coefficient (Wildman–Crippen LogP) is 4.76. The first-order valence-electron chi connectivity index (χ1n) is 7.83. The molecule has 0 saturated heterocycles. The van der Waals surface area contributed by atoms with Gasteiger partial charge in [-0.05, 0) is 47.7 Å². The zero-order chi connectivity index (χ0) is 17.5. The molecule has 0 saturated carbocycles. The van der Waals surface area contributed by atoms with E-state index < -0.39 is 4.92 Å². The summed E-state index contributed by atoms with van der Waals surface area (Å²) in [6.45, 7) is 4.23. The quantitative estimate of drug-likeness (QED) is 0.473. The van der Waals surface area contributed by atoms with Crippen molar-refractivity contribution in [2.45, 2.75) is 26.2 Å². The molecule has 5 heteroatoms. The largest absolute Gasteiger partial charge is 0.322 e. The van der Waals surface area contributed by atoms with Crippen molar-refractivity contribution in [3.8, 4) is 0 Å². The minimum absolute atomic E-state index is 0.0269. The maximum atomic E-state index is 12.1. The molecule has 0 aromatic heterocycles. The Morgan fingerprint density at radius 3 is 2.50 bits per heavy atom. The number of carbonyl (C=O) groups is 1. The number of nitro groups is 1. The fourth-order valence-corrected chi connectivity index (χ4v) is 2.31. The van der Waals surface area contributed by atoms with Crippen LogP contribution in [-0.4, -0.2) is 10.8 Å². The number of benzene rings is 2. The Kier molecular flexibility index (Phi) is 5.84. The van der Waals surface area contributed by atoms with Gasteiger partial charge in [-0.15, -0.1) is 0 Å². The molecule has 0 bridgehead atoms. The lowest BCUT2D eigenvalue weighted by Crippen LogP contribution is -2.10. The average Bonchev–Trinajstić information content (AvgIpc) is 2.60. The Morgan fingerprint density at radius 2 is 1.88 bits per heavy atom. The van der Waals surface area contributed by atoms with Gasteiger partial charge >= 0.3 is 0 Å². The van der Waals surface area contributed by atoms with E-state index in [2.05, 4.69) is 19.2 Å². The third-order valence-electron chi connectivity index (χ3n) is 3.89. The minimum Gasteiger partial charge on any atom is -0.322 e. The maximum Gasteiger partial charge on any atom is 0.269 e. The highest BCUT2D eigenvalue weighted by Crippen LogP contribution is 2.26. The van der Waals surface area contributed by atoms with Crippen molar-refractivity contribution >= 4 is 23.4 Å². The molecule has 2 aromatic rings. The molecule has 1 N–H and O–H groups in total. The summed E-state index contributed by atoms with van der Waals surface area (Å²) in [5.41, 5.74) is 2.67. The topological polar surface area (TPSA) is 72.2 Å². The maximum absolute atomic E-state index is 12.1. The highest BCUT2D eigenvalue weighted by molar-refractivity contribution is 6.02. The molecule has 124 valence electrons. The number of amides is 1. The number of rotatable bonds is 6. The van der Waals surface area contributed by atoms with Crippen LogP contribution in [0.15, 0.2) is 54.6 Å². The zero-order valence-corrected chi connectivity index (χ0v) is 13.7. The zero-order valence-electron chi connectivity index (χ0n) is 13.7. The summed E-state index contributed by atoms with van der Waals surface area (Å²) in [6.07, 6.45) is 4.05. The van der Waals surface area contributed by atoms with E-state index in [9.17, 15) is 14.9 Å². The van der Waals surface area contributed by atoms with Gasteiger partial charge in [0.25, 0.3) is 5.69 Å². The smallest absolute Gasteiger partial charge is 0.269 e. The van der Waals surface area contributed by atoms with E-state index in [0.29, 0.717) is 5.92 Å². The standard InChI is InChI=1S/C19H20N2O3/c1-3-14(2)17-6-4-5-7-18(17)20-19(22)13-10-15-8-11-16(12-9-15)21(23)24/h4-14H,3H2,1-2H3,(H,20,22)/b13-10+/t14-/m1/s1. The Bertz CT molecular complexity index is 751. The molecule has 5 nitrogen and oxygen atoms in total. The molecule has 0 radical (unpaired) electrons. The van der Waals surface area contributed by atoms with Crippen LogP contribution in [0.5, 0.6) is 0 Å². The van der Waals surface area contributed by atoms with Crippen molar-refractivity contribution < 1.29 is 9.72 Å². The Labute approximate surface area is 141 Å². The molecule has 24 heavy (non-hydrogen) atoms. The lowest BCUT2D eigenvalue weighted by molar-refractivity contribution is -0.384. The van der Waals surface area contributed by atoms with E-state index in [0.717, 1.165) is 23.2 Å². The first-order valence-corrected chi connectivity index (χ1v) is 7.83. The molecular formula is C19H20N2O3. The molecule has 0 spiro atoms. The predicted molar refractivity (Wildman–Crippen MR) is 95.9 cm³/mol. The summed E-state index contributed by atoms with van der Waals surface area (Å²) in [5.74, 6) is 0.129. The van der Waals surface area contributed by atoms with Crippen LogP contribution >= 0.6 is 0 Å². The van der Waals surface area contributed by atoms with Crippen LogP contribution in [0.2, 0.25) is 0 Å². The van der Waals surface area contributed by atoms with Gasteiger partial charge in [0.15, 0.2) is 0 Å². The molecule has 0 unspecified atom stereocenters. The van der Waals surface area contributed by atoms with Crippen LogP contribution in [-0.2, 0) is 4.79 Å². The molecule has 0 fully saturated rings. The van der Waals surface area contributed by atoms with Gasteiger partial charge < -0.3 is 5.32 Å². The molecular weight excluding hydrogens is 304 g/mol. The minimum atomic E-state index is -0.452. The van der Waals surface area contributed by atoms with E-state index >= 15 is 0 Å². The average molecular weight is 324 g/mol. The summed E-state index contributed by atoms with van der Waals surface area (Å²) in [5, 5.41) is 13.5. The third kappa shape index (κ3) is 4.52. The van der Waals surface area contributed by atoms with Crippen molar-refractivity contribution in [1.82, 2.24) is 0 Å². The number of anilines is 1. The summed E-state index contributed by atoms with van der Waals surface area (Å²) in [7, 11) is 0. The van der Waals surface area contributed by atoms with E-state index in [4.69, 9.17) is 0 Å². The number of nitrogens with one attached hydrogen (secondary N) is 1. The summed E-state index contributed by atoms with van der Waals surface area (Å²) >= 11 is 0. The van der Waals surface area contributed by atoms with E-state index in [1.807, 2.05) is 24.3 Å². The molecule has 1 atom stereocenters.